The van der Waals surface area contributed by atoms with Gasteiger partial charge in [0.25, 0.3) is 0 Å². The lowest BCUT2D eigenvalue weighted by Gasteiger charge is -1.92. The van der Waals surface area contributed by atoms with E-state index < -0.39 is 0 Å². The van der Waals surface area contributed by atoms with Crippen LogP contribution < -0.4 is 0 Å². The summed E-state index contributed by atoms with van der Waals surface area (Å²) < 4.78 is 0. The molecule has 50 valence electrons. The summed E-state index contributed by atoms with van der Waals surface area (Å²) in [6.07, 6.45) is 0. The standard InChI is InChI=1S/C8H6OS/c9-8-4-2-1-3-7(8)5-6-10/h1-4,9-10H. The summed E-state index contributed by atoms with van der Waals surface area (Å²) in [5, 5.41) is 11.5. The number of benzene rings is 1. The normalized spacial score (nSPS) is 8.10. The highest BCUT2D eigenvalue weighted by Crippen LogP contribution is 2.13. The van der Waals surface area contributed by atoms with Crippen LogP contribution in [0.1, 0.15) is 5.56 Å². The van der Waals surface area contributed by atoms with Gasteiger partial charge < -0.3 is 5.11 Å². The van der Waals surface area contributed by atoms with Crippen molar-refractivity contribution in [1.29, 1.82) is 0 Å². The molecule has 0 saturated carbocycles. The van der Waals surface area contributed by atoms with Crippen LogP contribution in [0.4, 0.5) is 0 Å². The molecule has 1 rings (SSSR count). The van der Waals surface area contributed by atoms with E-state index in [1.54, 1.807) is 18.2 Å². The lowest BCUT2D eigenvalue weighted by atomic mass is 10.2. The van der Waals surface area contributed by atoms with Crippen LogP contribution in [0.2, 0.25) is 0 Å². The third kappa shape index (κ3) is 1.46. The second-order valence-corrected chi connectivity index (χ2v) is 1.98. The highest BCUT2D eigenvalue weighted by atomic mass is 32.1. The fourth-order valence-electron chi connectivity index (χ4n) is 0.640. The molecule has 0 amide bonds. The molecular weight excluding hydrogens is 144 g/mol. The van der Waals surface area contributed by atoms with E-state index in [1.165, 1.54) is 0 Å². The minimum absolute atomic E-state index is 0.198. The molecule has 0 fully saturated rings. The Hall–Kier alpha value is -1.07. The molecule has 0 bridgehead atoms. The van der Waals surface area contributed by atoms with Crippen molar-refractivity contribution in [3.05, 3.63) is 29.8 Å². The molecule has 0 aromatic heterocycles. The van der Waals surface area contributed by atoms with Gasteiger partial charge in [0, 0.05) is 0 Å². The highest BCUT2D eigenvalue weighted by Gasteiger charge is 1.91. The maximum Gasteiger partial charge on any atom is 0.131 e. The van der Waals surface area contributed by atoms with Crippen LogP contribution >= 0.6 is 12.6 Å². The van der Waals surface area contributed by atoms with Crippen LogP contribution in [0, 0.1) is 11.2 Å². The summed E-state index contributed by atoms with van der Waals surface area (Å²) in [6, 6.07) is 6.89. The summed E-state index contributed by atoms with van der Waals surface area (Å²) in [4.78, 5) is 0. The zero-order valence-corrected chi connectivity index (χ0v) is 6.10. The fourth-order valence-corrected chi connectivity index (χ4v) is 0.760. The molecule has 10 heavy (non-hydrogen) atoms. The Bertz CT molecular complexity index is 283. The van der Waals surface area contributed by atoms with E-state index in [0.29, 0.717) is 5.56 Å². The van der Waals surface area contributed by atoms with Crippen molar-refractivity contribution in [3.8, 4) is 16.9 Å². The second-order valence-electron chi connectivity index (χ2n) is 1.75. The Morgan fingerprint density at radius 3 is 2.60 bits per heavy atom. The molecule has 1 aromatic rings. The van der Waals surface area contributed by atoms with Crippen molar-refractivity contribution in [3.63, 3.8) is 0 Å². The first-order chi connectivity index (χ1) is 4.84. The maximum absolute atomic E-state index is 9.11. The monoisotopic (exact) mass is 150 g/mol. The van der Waals surface area contributed by atoms with E-state index >= 15 is 0 Å². The van der Waals surface area contributed by atoms with Gasteiger partial charge in [0.2, 0.25) is 0 Å². The predicted octanol–water partition coefficient (Wildman–Crippen LogP) is 1.63. The topological polar surface area (TPSA) is 20.2 Å². The van der Waals surface area contributed by atoms with Gasteiger partial charge in [-0.25, -0.2) is 0 Å². The molecule has 0 atom stereocenters. The molecule has 0 aliphatic carbocycles. The van der Waals surface area contributed by atoms with Gasteiger partial charge in [-0.2, -0.15) is 0 Å². The summed E-state index contributed by atoms with van der Waals surface area (Å²) >= 11 is 3.71. The molecule has 0 radical (unpaired) electrons. The van der Waals surface area contributed by atoms with Crippen LogP contribution in [0.3, 0.4) is 0 Å². The van der Waals surface area contributed by atoms with E-state index in [9.17, 15) is 0 Å². The second kappa shape index (κ2) is 3.19. The van der Waals surface area contributed by atoms with Crippen LogP contribution in [-0.4, -0.2) is 5.11 Å². The lowest BCUT2D eigenvalue weighted by Crippen LogP contribution is -1.72. The number of thiol groups is 1. The average molecular weight is 150 g/mol. The minimum Gasteiger partial charge on any atom is -0.507 e. The molecule has 1 aromatic carbocycles. The molecule has 1 N–H and O–H groups in total. The molecule has 0 unspecified atom stereocenters. The quantitative estimate of drug-likeness (QED) is 0.425. The molecule has 0 aliphatic rings. The summed E-state index contributed by atoms with van der Waals surface area (Å²) in [6.45, 7) is 0. The van der Waals surface area contributed by atoms with Crippen LogP contribution in [0.15, 0.2) is 24.3 Å². The fraction of sp³-hybridized carbons (Fsp3) is 0. The zero-order valence-electron chi connectivity index (χ0n) is 5.20. The van der Waals surface area contributed by atoms with Crippen molar-refractivity contribution < 1.29 is 5.11 Å². The van der Waals surface area contributed by atoms with Gasteiger partial charge in [-0.15, -0.1) is 0 Å². The van der Waals surface area contributed by atoms with Crippen LogP contribution in [-0.2, 0) is 0 Å². The Balaban J connectivity index is 3.11. The average Bonchev–Trinajstić information content (AvgIpc) is 1.94. The summed E-state index contributed by atoms with van der Waals surface area (Å²) in [5.74, 6) is 2.84. The Morgan fingerprint density at radius 2 is 2.00 bits per heavy atom. The Labute approximate surface area is 65.1 Å². The Kier molecular flexibility index (Phi) is 2.24. The van der Waals surface area contributed by atoms with Crippen molar-refractivity contribution in [2.75, 3.05) is 0 Å². The predicted molar refractivity (Wildman–Crippen MR) is 44.0 cm³/mol. The molecular formula is C8H6OS. The number of hydrogen-bond acceptors (Lipinski definition) is 2. The van der Waals surface area contributed by atoms with E-state index in [0.717, 1.165) is 0 Å². The zero-order chi connectivity index (χ0) is 7.40. The van der Waals surface area contributed by atoms with Gasteiger partial charge >= 0.3 is 0 Å². The van der Waals surface area contributed by atoms with E-state index in [1.807, 2.05) is 6.07 Å². The van der Waals surface area contributed by atoms with Gasteiger partial charge in [0.1, 0.15) is 5.75 Å². The van der Waals surface area contributed by atoms with E-state index in [2.05, 4.69) is 23.8 Å². The first-order valence-corrected chi connectivity index (χ1v) is 3.22. The van der Waals surface area contributed by atoms with Crippen molar-refractivity contribution in [1.82, 2.24) is 0 Å². The van der Waals surface area contributed by atoms with Gasteiger partial charge in [-0.1, -0.05) is 30.7 Å². The molecule has 0 spiro atoms. The lowest BCUT2D eigenvalue weighted by molar-refractivity contribution is 0.474. The minimum atomic E-state index is 0.198. The number of rotatable bonds is 0. The molecule has 0 heterocycles. The number of aromatic hydroxyl groups is 1. The summed E-state index contributed by atoms with van der Waals surface area (Å²) in [7, 11) is 0. The van der Waals surface area contributed by atoms with Crippen molar-refractivity contribution >= 4 is 12.6 Å². The SMILES string of the molecule is Oc1ccccc1C#CS. The third-order valence-electron chi connectivity index (χ3n) is 1.09. The van der Waals surface area contributed by atoms with Crippen molar-refractivity contribution in [2.24, 2.45) is 0 Å². The Morgan fingerprint density at radius 1 is 1.30 bits per heavy atom. The third-order valence-corrected chi connectivity index (χ3v) is 1.21. The van der Waals surface area contributed by atoms with E-state index in [-0.39, 0.29) is 5.75 Å². The van der Waals surface area contributed by atoms with Crippen LogP contribution in [0.5, 0.6) is 5.75 Å². The van der Waals surface area contributed by atoms with Gasteiger partial charge in [0.15, 0.2) is 0 Å². The molecule has 1 nitrogen and oxygen atoms in total. The van der Waals surface area contributed by atoms with Crippen molar-refractivity contribution in [2.45, 2.75) is 0 Å². The molecule has 2 heteroatoms. The molecule has 0 saturated heterocycles. The van der Waals surface area contributed by atoms with Crippen LogP contribution in [0.25, 0.3) is 0 Å². The first kappa shape index (κ1) is 7.04. The largest absolute Gasteiger partial charge is 0.507 e. The first-order valence-electron chi connectivity index (χ1n) is 2.77. The van der Waals surface area contributed by atoms with Gasteiger partial charge in [0.05, 0.1) is 5.56 Å². The summed E-state index contributed by atoms with van der Waals surface area (Å²) in [5.41, 5.74) is 0.609. The number of para-hydroxylation sites is 1. The smallest absolute Gasteiger partial charge is 0.131 e. The number of hydrogen-bond donors (Lipinski definition) is 2. The van der Waals surface area contributed by atoms with E-state index in [4.69, 9.17) is 5.11 Å². The maximum atomic E-state index is 9.11. The molecule has 0 aliphatic heterocycles. The van der Waals surface area contributed by atoms with Gasteiger partial charge in [-0.05, 0) is 17.4 Å². The highest BCUT2D eigenvalue weighted by molar-refractivity contribution is 7.85. The van der Waals surface area contributed by atoms with Gasteiger partial charge in [-0.3, -0.25) is 0 Å². The number of phenolic OH excluding ortho intramolecular Hbond substituents is 1. The number of phenols is 1.